The highest BCUT2D eigenvalue weighted by atomic mass is 16.6. The molecule has 1 N–H and O–H groups in total. The molecule has 0 spiro atoms. The maximum Gasteiger partial charge on any atom is 0.381 e. The number of hydrogen-bond donors (Lipinski definition) is 1. The Balaban J connectivity index is 1.94. The van der Waals surface area contributed by atoms with Crippen LogP contribution in [0, 0.1) is 21.4 Å². The van der Waals surface area contributed by atoms with Crippen LogP contribution in [-0.2, 0) is 17.8 Å². The molecule has 0 bridgehead atoms. The molecule has 0 aliphatic carbocycles. The smallest absolute Gasteiger partial charge is 0.358 e. The van der Waals surface area contributed by atoms with Crippen molar-refractivity contribution in [3.05, 3.63) is 52.5 Å². The minimum Gasteiger partial charge on any atom is -0.358 e. The highest BCUT2D eigenvalue weighted by molar-refractivity contribution is 5.90. The number of imidazole rings is 1. The Labute approximate surface area is 119 Å². The molecule has 0 radical (unpaired) electrons. The second kappa shape index (κ2) is 6.29. The summed E-state index contributed by atoms with van der Waals surface area (Å²) >= 11 is 0. The molecule has 106 valence electrons. The van der Waals surface area contributed by atoms with Crippen molar-refractivity contribution in [2.75, 3.05) is 5.32 Å². The average molecular weight is 285 g/mol. The van der Waals surface area contributed by atoms with Gasteiger partial charge in [0.25, 0.3) is 0 Å². The molecule has 1 heterocycles. The molecule has 1 amide bonds. The van der Waals surface area contributed by atoms with Gasteiger partial charge >= 0.3 is 5.82 Å². The summed E-state index contributed by atoms with van der Waals surface area (Å²) in [5.74, 6) is -0.626. The minimum absolute atomic E-state index is 0.0687. The lowest BCUT2D eigenvalue weighted by Gasteiger charge is -2.05. The van der Waals surface area contributed by atoms with Gasteiger partial charge in [-0.05, 0) is 27.6 Å². The Morgan fingerprint density at radius 2 is 2.14 bits per heavy atom. The van der Waals surface area contributed by atoms with Crippen LogP contribution in [-0.4, -0.2) is 20.4 Å². The highest BCUT2D eigenvalue weighted by Crippen LogP contribution is 2.10. The van der Waals surface area contributed by atoms with Crippen LogP contribution in [0.4, 0.5) is 11.5 Å². The largest absolute Gasteiger partial charge is 0.381 e. The maximum atomic E-state index is 11.8. The molecule has 0 atom stereocenters. The van der Waals surface area contributed by atoms with Gasteiger partial charge in [0.05, 0.1) is 12.5 Å². The number of nitriles is 1. The molecular formula is C13H11N5O3. The van der Waals surface area contributed by atoms with Crippen LogP contribution >= 0.6 is 0 Å². The number of carbonyl (C=O) groups is 1. The first kappa shape index (κ1) is 14.2. The van der Waals surface area contributed by atoms with E-state index in [0.717, 1.165) is 5.56 Å². The fourth-order valence-corrected chi connectivity index (χ4v) is 1.69. The molecule has 1 aromatic heterocycles. The SMILES string of the molecule is N#CCc1ccc(NC(=O)Cn2cnc([N+](=O)[O-])c2)cc1. The quantitative estimate of drug-likeness (QED) is 0.660. The van der Waals surface area contributed by atoms with E-state index < -0.39 is 4.92 Å². The second-order valence-corrected chi connectivity index (χ2v) is 4.24. The zero-order chi connectivity index (χ0) is 15.2. The van der Waals surface area contributed by atoms with E-state index >= 15 is 0 Å². The first-order valence-corrected chi connectivity index (χ1v) is 6.00. The summed E-state index contributed by atoms with van der Waals surface area (Å²) in [6.07, 6.45) is 2.73. The lowest BCUT2D eigenvalue weighted by atomic mass is 10.1. The highest BCUT2D eigenvalue weighted by Gasteiger charge is 2.12. The molecule has 8 heteroatoms. The fourth-order valence-electron chi connectivity index (χ4n) is 1.69. The summed E-state index contributed by atoms with van der Waals surface area (Å²) in [5, 5.41) is 21.7. The Hall–Kier alpha value is -3.21. The van der Waals surface area contributed by atoms with Crippen LogP contribution in [0.3, 0.4) is 0 Å². The Bertz CT molecular complexity index is 699. The molecule has 0 saturated carbocycles. The number of nitrogens with zero attached hydrogens (tertiary/aromatic N) is 4. The topological polar surface area (TPSA) is 114 Å². The molecule has 2 rings (SSSR count). The maximum absolute atomic E-state index is 11.8. The van der Waals surface area contributed by atoms with E-state index in [4.69, 9.17) is 5.26 Å². The number of anilines is 1. The van der Waals surface area contributed by atoms with E-state index in [2.05, 4.69) is 10.3 Å². The number of carbonyl (C=O) groups excluding carboxylic acids is 1. The van der Waals surface area contributed by atoms with Crippen molar-refractivity contribution in [3.63, 3.8) is 0 Å². The van der Waals surface area contributed by atoms with E-state index in [9.17, 15) is 14.9 Å². The van der Waals surface area contributed by atoms with Gasteiger partial charge in [0, 0.05) is 5.69 Å². The molecule has 1 aromatic carbocycles. The molecule has 0 fully saturated rings. The molecule has 0 unspecified atom stereocenters. The average Bonchev–Trinajstić information content (AvgIpc) is 2.90. The monoisotopic (exact) mass is 285 g/mol. The van der Waals surface area contributed by atoms with E-state index in [1.165, 1.54) is 17.1 Å². The van der Waals surface area contributed by atoms with Gasteiger partial charge in [-0.3, -0.25) is 4.79 Å². The summed E-state index contributed by atoms with van der Waals surface area (Å²) in [6.45, 7) is -0.0687. The van der Waals surface area contributed by atoms with Crippen molar-refractivity contribution >= 4 is 17.4 Å². The van der Waals surface area contributed by atoms with Gasteiger partial charge in [-0.2, -0.15) is 5.26 Å². The van der Waals surface area contributed by atoms with Gasteiger partial charge in [0.1, 0.15) is 12.7 Å². The zero-order valence-electron chi connectivity index (χ0n) is 10.9. The third-order valence-electron chi connectivity index (χ3n) is 2.65. The summed E-state index contributed by atoms with van der Waals surface area (Å²) in [5.41, 5.74) is 1.46. The Morgan fingerprint density at radius 1 is 1.43 bits per heavy atom. The fraction of sp³-hybridized carbons (Fsp3) is 0.154. The second-order valence-electron chi connectivity index (χ2n) is 4.24. The third-order valence-corrected chi connectivity index (χ3v) is 2.65. The van der Waals surface area contributed by atoms with Crippen molar-refractivity contribution in [3.8, 4) is 6.07 Å². The standard InChI is InChI=1S/C13H11N5O3/c14-6-5-10-1-3-11(4-2-10)16-13(19)8-17-7-12(15-9-17)18(20)21/h1-4,7,9H,5,8H2,(H,16,19). The summed E-state index contributed by atoms with van der Waals surface area (Å²) in [4.78, 5) is 25.2. The van der Waals surface area contributed by atoms with Crippen LogP contribution in [0.1, 0.15) is 5.56 Å². The summed E-state index contributed by atoms with van der Waals surface area (Å²) in [6, 6.07) is 8.93. The molecule has 2 aromatic rings. The molecular weight excluding hydrogens is 274 g/mol. The Morgan fingerprint density at radius 3 is 2.71 bits per heavy atom. The van der Waals surface area contributed by atoms with Crippen LogP contribution in [0.2, 0.25) is 0 Å². The van der Waals surface area contributed by atoms with E-state index in [1.807, 2.05) is 6.07 Å². The molecule has 0 saturated heterocycles. The van der Waals surface area contributed by atoms with Crippen molar-refractivity contribution in [2.45, 2.75) is 13.0 Å². The number of amides is 1. The third kappa shape index (κ3) is 3.87. The molecule has 0 aliphatic rings. The van der Waals surface area contributed by atoms with Crippen LogP contribution in [0.15, 0.2) is 36.8 Å². The molecule has 0 aliphatic heterocycles. The van der Waals surface area contributed by atoms with Gasteiger partial charge < -0.3 is 20.0 Å². The summed E-state index contributed by atoms with van der Waals surface area (Å²) < 4.78 is 1.33. The number of benzene rings is 1. The number of rotatable bonds is 5. The summed E-state index contributed by atoms with van der Waals surface area (Å²) in [7, 11) is 0. The van der Waals surface area contributed by atoms with Gasteiger partial charge in [0.2, 0.25) is 12.2 Å². The number of aromatic nitrogens is 2. The van der Waals surface area contributed by atoms with E-state index in [0.29, 0.717) is 12.1 Å². The van der Waals surface area contributed by atoms with Crippen LogP contribution < -0.4 is 5.32 Å². The van der Waals surface area contributed by atoms with Crippen molar-refractivity contribution in [2.24, 2.45) is 0 Å². The van der Waals surface area contributed by atoms with E-state index in [1.54, 1.807) is 24.3 Å². The lowest BCUT2D eigenvalue weighted by molar-refractivity contribution is -0.389. The molecule has 21 heavy (non-hydrogen) atoms. The Kier molecular flexibility index (Phi) is 4.26. The van der Waals surface area contributed by atoms with Crippen molar-refractivity contribution < 1.29 is 9.72 Å². The molecule has 8 nitrogen and oxygen atoms in total. The first-order chi connectivity index (χ1) is 10.1. The lowest BCUT2D eigenvalue weighted by Crippen LogP contribution is -2.17. The van der Waals surface area contributed by atoms with Gasteiger partial charge in [-0.15, -0.1) is 0 Å². The van der Waals surface area contributed by atoms with Crippen molar-refractivity contribution in [1.82, 2.24) is 9.55 Å². The van der Waals surface area contributed by atoms with Gasteiger partial charge in [0.15, 0.2) is 0 Å². The number of nitrogens with one attached hydrogen (secondary N) is 1. The minimum atomic E-state index is -0.623. The predicted octanol–water partition coefficient (Wildman–Crippen LogP) is 1.50. The predicted molar refractivity (Wildman–Crippen MR) is 73.3 cm³/mol. The van der Waals surface area contributed by atoms with Gasteiger partial charge in [-0.1, -0.05) is 12.1 Å². The number of hydrogen-bond acceptors (Lipinski definition) is 5. The number of nitro groups is 1. The van der Waals surface area contributed by atoms with Crippen LogP contribution in [0.5, 0.6) is 0 Å². The zero-order valence-corrected chi connectivity index (χ0v) is 10.9. The van der Waals surface area contributed by atoms with Gasteiger partial charge in [-0.25, -0.2) is 0 Å². The van der Waals surface area contributed by atoms with Crippen LogP contribution in [0.25, 0.3) is 0 Å². The van der Waals surface area contributed by atoms with Crippen molar-refractivity contribution in [1.29, 1.82) is 5.26 Å². The normalized spacial score (nSPS) is 9.86. The first-order valence-electron chi connectivity index (χ1n) is 6.00. The van der Waals surface area contributed by atoms with E-state index in [-0.39, 0.29) is 18.3 Å².